The van der Waals surface area contributed by atoms with Crippen molar-refractivity contribution in [1.29, 1.82) is 0 Å². The summed E-state index contributed by atoms with van der Waals surface area (Å²) in [4.78, 5) is 21.8. The van der Waals surface area contributed by atoms with Crippen molar-refractivity contribution in [3.05, 3.63) is 58.7 Å². The predicted molar refractivity (Wildman–Crippen MR) is 118 cm³/mol. The molecule has 152 valence electrons. The van der Waals surface area contributed by atoms with Crippen LogP contribution in [0.5, 0.6) is 0 Å². The Labute approximate surface area is 175 Å². The highest BCUT2D eigenvalue weighted by Gasteiger charge is 2.25. The first-order valence-corrected chi connectivity index (χ1v) is 11.0. The standard InChI is InChI=1S/C23H27N3O2S/c1-16-4-6-18(3)19(14-16)22(27)26(9-8-25-10-12-28-13-11-25)23-24-20-7-5-17(2)15-21(20)29-23/h4-7,14-15H,8-13H2,1-3H3/p+1. The summed E-state index contributed by atoms with van der Waals surface area (Å²) in [5.41, 5.74) is 5.02. The van der Waals surface area contributed by atoms with Crippen molar-refractivity contribution in [3.63, 3.8) is 0 Å². The minimum Gasteiger partial charge on any atom is -0.370 e. The van der Waals surface area contributed by atoms with E-state index in [4.69, 9.17) is 9.72 Å². The van der Waals surface area contributed by atoms with Crippen molar-refractivity contribution in [3.8, 4) is 0 Å². The van der Waals surface area contributed by atoms with Gasteiger partial charge in [0.2, 0.25) is 0 Å². The molecule has 1 N–H and O–H groups in total. The first-order chi connectivity index (χ1) is 14.0. The van der Waals surface area contributed by atoms with E-state index in [1.807, 2.05) is 36.9 Å². The smallest absolute Gasteiger partial charge is 0.260 e. The maximum absolute atomic E-state index is 13.6. The Morgan fingerprint density at radius 2 is 1.83 bits per heavy atom. The Balaban J connectivity index is 1.67. The third-order valence-corrected chi connectivity index (χ3v) is 6.56. The quantitative estimate of drug-likeness (QED) is 0.704. The third-order valence-electron chi connectivity index (χ3n) is 5.52. The lowest BCUT2D eigenvalue weighted by atomic mass is 10.0. The van der Waals surface area contributed by atoms with Crippen molar-refractivity contribution in [2.75, 3.05) is 44.3 Å². The minimum atomic E-state index is 0.0367. The van der Waals surface area contributed by atoms with E-state index in [1.165, 1.54) is 10.5 Å². The Bertz CT molecular complexity index is 1020. The Hall–Kier alpha value is -2.28. The summed E-state index contributed by atoms with van der Waals surface area (Å²) in [6, 6.07) is 12.3. The van der Waals surface area contributed by atoms with E-state index < -0.39 is 0 Å². The van der Waals surface area contributed by atoms with Gasteiger partial charge in [-0.2, -0.15) is 0 Å². The van der Waals surface area contributed by atoms with Crippen LogP contribution in [0.4, 0.5) is 5.13 Å². The number of morpholine rings is 1. The number of carbonyl (C=O) groups excluding carboxylic acids is 1. The fourth-order valence-corrected chi connectivity index (χ4v) is 4.80. The first kappa shape index (κ1) is 20.0. The van der Waals surface area contributed by atoms with E-state index in [0.29, 0.717) is 6.54 Å². The van der Waals surface area contributed by atoms with Crippen molar-refractivity contribution in [2.24, 2.45) is 0 Å². The molecule has 29 heavy (non-hydrogen) atoms. The van der Waals surface area contributed by atoms with Crippen molar-refractivity contribution >= 4 is 32.6 Å². The number of quaternary nitrogens is 1. The molecule has 0 bridgehead atoms. The second-order valence-electron chi connectivity index (χ2n) is 7.86. The van der Waals surface area contributed by atoms with Gasteiger partial charge in [0.05, 0.1) is 36.5 Å². The van der Waals surface area contributed by atoms with E-state index in [-0.39, 0.29) is 5.91 Å². The molecule has 0 aliphatic carbocycles. The highest BCUT2D eigenvalue weighted by Crippen LogP contribution is 2.30. The lowest BCUT2D eigenvalue weighted by molar-refractivity contribution is -0.906. The second-order valence-corrected chi connectivity index (χ2v) is 8.86. The Morgan fingerprint density at radius 1 is 1.10 bits per heavy atom. The zero-order valence-electron chi connectivity index (χ0n) is 17.3. The first-order valence-electron chi connectivity index (χ1n) is 10.2. The number of rotatable bonds is 5. The van der Waals surface area contributed by atoms with Crippen LogP contribution in [0.3, 0.4) is 0 Å². The van der Waals surface area contributed by atoms with Crippen LogP contribution in [0, 0.1) is 20.8 Å². The van der Waals surface area contributed by atoms with Gasteiger partial charge in [0.15, 0.2) is 5.13 Å². The lowest BCUT2D eigenvalue weighted by Crippen LogP contribution is -3.14. The number of amides is 1. The Morgan fingerprint density at radius 3 is 2.62 bits per heavy atom. The maximum Gasteiger partial charge on any atom is 0.260 e. The van der Waals surface area contributed by atoms with Crippen LogP contribution in [0.1, 0.15) is 27.0 Å². The van der Waals surface area contributed by atoms with Gasteiger partial charge >= 0.3 is 0 Å². The zero-order valence-corrected chi connectivity index (χ0v) is 18.1. The van der Waals surface area contributed by atoms with Gasteiger partial charge in [-0.1, -0.05) is 35.1 Å². The molecule has 2 heterocycles. The van der Waals surface area contributed by atoms with E-state index in [0.717, 1.165) is 64.9 Å². The molecule has 1 aliphatic rings. The number of hydrogen-bond acceptors (Lipinski definition) is 4. The summed E-state index contributed by atoms with van der Waals surface area (Å²) in [6.07, 6.45) is 0. The summed E-state index contributed by atoms with van der Waals surface area (Å²) in [7, 11) is 0. The number of carbonyl (C=O) groups is 1. The van der Waals surface area contributed by atoms with Crippen molar-refractivity contribution in [1.82, 2.24) is 4.98 Å². The SMILES string of the molecule is Cc1ccc(C)c(C(=O)N(CC[NH+]2CCOCC2)c2nc3ccc(C)cc3s2)c1. The van der Waals surface area contributed by atoms with Crippen LogP contribution >= 0.6 is 11.3 Å². The Kier molecular flexibility index (Phi) is 5.94. The number of thiazole rings is 1. The van der Waals surface area contributed by atoms with Gasteiger partial charge in [-0.05, 0) is 50.1 Å². The molecule has 0 atom stereocenters. The topological polar surface area (TPSA) is 46.9 Å². The monoisotopic (exact) mass is 410 g/mol. The molecule has 0 saturated carbocycles. The fourth-order valence-electron chi connectivity index (χ4n) is 3.71. The number of aryl methyl sites for hydroxylation is 3. The predicted octanol–water partition coefficient (Wildman–Crippen LogP) is 2.78. The molecule has 1 aromatic heterocycles. The average molecular weight is 411 g/mol. The van der Waals surface area contributed by atoms with Crippen LogP contribution < -0.4 is 9.80 Å². The number of benzene rings is 2. The number of hydrogen-bond donors (Lipinski definition) is 1. The van der Waals surface area contributed by atoms with Gasteiger partial charge in [0.1, 0.15) is 13.1 Å². The molecule has 1 aliphatic heterocycles. The van der Waals surface area contributed by atoms with Gasteiger partial charge in [-0.15, -0.1) is 0 Å². The molecular formula is C23H28N3O2S+. The highest BCUT2D eigenvalue weighted by molar-refractivity contribution is 7.22. The summed E-state index contributed by atoms with van der Waals surface area (Å²) in [6.45, 7) is 11.2. The van der Waals surface area contributed by atoms with Gasteiger partial charge in [-0.25, -0.2) is 4.98 Å². The molecule has 0 spiro atoms. The van der Waals surface area contributed by atoms with Gasteiger partial charge in [0.25, 0.3) is 5.91 Å². The van der Waals surface area contributed by atoms with Crippen LogP contribution in [0.15, 0.2) is 36.4 Å². The number of nitrogens with one attached hydrogen (secondary N) is 1. The molecule has 6 heteroatoms. The summed E-state index contributed by atoms with van der Waals surface area (Å²) >= 11 is 1.60. The molecule has 1 amide bonds. The molecule has 1 saturated heterocycles. The van der Waals surface area contributed by atoms with Gasteiger partial charge in [-0.3, -0.25) is 9.69 Å². The normalized spacial score (nSPS) is 15.0. The van der Waals surface area contributed by atoms with Crippen LogP contribution in [-0.4, -0.2) is 50.3 Å². The van der Waals surface area contributed by atoms with Crippen LogP contribution in [-0.2, 0) is 4.74 Å². The summed E-state index contributed by atoms with van der Waals surface area (Å²) in [5, 5.41) is 0.782. The molecule has 3 aromatic rings. The van der Waals surface area contributed by atoms with E-state index >= 15 is 0 Å². The number of fused-ring (bicyclic) bond motifs is 1. The highest BCUT2D eigenvalue weighted by atomic mass is 32.1. The number of nitrogens with zero attached hydrogens (tertiary/aromatic N) is 2. The van der Waals surface area contributed by atoms with Crippen molar-refractivity contribution in [2.45, 2.75) is 20.8 Å². The van der Waals surface area contributed by atoms with Gasteiger partial charge < -0.3 is 9.64 Å². The molecule has 0 radical (unpaired) electrons. The number of anilines is 1. The maximum atomic E-state index is 13.6. The summed E-state index contributed by atoms with van der Waals surface area (Å²) in [5.74, 6) is 0.0367. The van der Waals surface area contributed by atoms with Crippen molar-refractivity contribution < 1.29 is 14.4 Å². The van der Waals surface area contributed by atoms with Crippen LogP contribution in [0.25, 0.3) is 10.2 Å². The molecule has 5 nitrogen and oxygen atoms in total. The van der Waals surface area contributed by atoms with E-state index in [2.05, 4.69) is 25.1 Å². The van der Waals surface area contributed by atoms with E-state index in [1.54, 1.807) is 11.3 Å². The molecule has 2 aromatic carbocycles. The summed E-state index contributed by atoms with van der Waals surface area (Å²) < 4.78 is 6.60. The van der Waals surface area contributed by atoms with E-state index in [9.17, 15) is 4.79 Å². The van der Waals surface area contributed by atoms with Crippen LogP contribution in [0.2, 0.25) is 0 Å². The lowest BCUT2D eigenvalue weighted by Gasteiger charge is -2.27. The molecule has 0 unspecified atom stereocenters. The number of ether oxygens (including phenoxy) is 1. The third kappa shape index (κ3) is 4.50. The van der Waals surface area contributed by atoms with Gasteiger partial charge in [0, 0.05) is 5.56 Å². The molecular weight excluding hydrogens is 382 g/mol. The second kappa shape index (κ2) is 8.61. The average Bonchev–Trinajstić information content (AvgIpc) is 3.13. The number of aromatic nitrogens is 1. The minimum absolute atomic E-state index is 0.0367. The largest absolute Gasteiger partial charge is 0.370 e. The fraction of sp³-hybridized carbons (Fsp3) is 0.391. The molecule has 4 rings (SSSR count). The zero-order chi connectivity index (χ0) is 20.4. The molecule has 1 fully saturated rings.